The molecule has 1 aromatic heterocycles. The monoisotopic (exact) mass is 280 g/mol. The van der Waals surface area contributed by atoms with Crippen molar-refractivity contribution in [2.24, 2.45) is 0 Å². The topological polar surface area (TPSA) is 24.9 Å². The number of aryl methyl sites for hydroxylation is 1. The molecule has 1 heterocycles. The van der Waals surface area contributed by atoms with Crippen LogP contribution in [0.2, 0.25) is 10.0 Å². The molecular formula is C14H14Cl2N2. The van der Waals surface area contributed by atoms with Crippen molar-refractivity contribution in [2.45, 2.75) is 13.8 Å². The molecule has 0 fully saturated rings. The molecule has 4 heteroatoms. The maximum absolute atomic E-state index is 6.20. The minimum Gasteiger partial charge on any atom is -0.369 e. The number of anilines is 1. The van der Waals surface area contributed by atoms with Crippen LogP contribution in [0.3, 0.4) is 0 Å². The van der Waals surface area contributed by atoms with Gasteiger partial charge in [0.25, 0.3) is 0 Å². The van der Waals surface area contributed by atoms with Gasteiger partial charge >= 0.3 is 0 Å². The van der Waals surface area contributed by atoms with Gasteiger partial charge in [0, 0.05) is 12.1 Å². The summed E-state index contributed by atoms with van der Waals surface area (Å²) in [6.07, 6.45) is 0. The number of rotatable bonds is 3. The molecule has 0 aliphatic carbocycles. The molecule has 0 saturated carbocycles. The molecule has 18 heavy (non-hydrogen) atoms. The molecule has 0 bridgehead atoms. The molecule has 0 saturated heterocycles. The number of aromatic nitrogens is 1. The molecule has 0 radical (unpaired) electrons. The maximum atomic E-state index is 6.20. The molecule has 0 spiro atoms. The van der Waals surface area contributed by atoms with Gasteiger partial charge in [0.2, 0.25) is 0 Å². The highest BCUT2D eigenvalue weighted by Crippen LogP contribution is 2.32. The van der Waals surface area contributed by atoms with E-state index in [-0.39, 0.29) is 0 Å². The highest BCUT2D eigenvalue weighted by Gasteiger charge is 2.10. The van der Waals surface area contributed by atoms with Gasteiger partial charge in [-0.3, -0.25) is 0 Å². The van der Waals surface area contributed by atoms with Crippen LogP contribution in [0, 0.1) is 6.92 Å². The second-order valence-corrected chi connectivity index (χ2v) is 4.86. The van der Waals surface area contributed by atoms with Crippen molar-refractivity contribution >= 4 is 29.0 Å². The fourth-order valence-electron chi connectivity index (χ4n) is 1.67. The number of nitrogens with one attached hydrogen (secondary N) is 1. The Hall–Kier alpha value is -1.25. The molecule has 0 unspecified atom stereocenters. The largest absolute Gasteiger partial charge is 0.369 e. The van der Waals surface area contributed by atoms with Gasteiger partial charge in [-0.2, -0.15) is 0 Å². The standard InChI is InChI=1S/C14H14Cl2N2/c1-3-17-14-12(16)8-11(15)13(18-14)10-6-4-9(2)5-7-10/h4-8H,3H2,1-2H3,(H,17,18). The van der Waals surface area contributed by atoms with Crippen LogP contribution in [-0.2, 0) is 0 Å². The van der Waals surface area contributed by atoms with Gasteiger partial charge in [-0.05, 0) is 19.9 Å². The van der Waals surface area contributed by atoms with Crippen LogP contribution in [0.15, 0.2) is 30.3 Å². The Kier molecular flexibility index (Phi) is 4.10. The molecule has 94 valence electrons. The van der Waals surface area contributed by atoms with Crippen LogP contribution >= 0.6 is 23.2 Å². The summed E-state index contributed by atoms with van der Waals surface area (Å²) >= 11 is 12.3. The van der Waals surface area contributed by atoms with Crippen molar-refractivity contribution in [1.29, 1.82) is 0 Å². The van der Waals surface area contributed by atoms with Gasteiger partial charge in [0.1, 0.15) is 5.82 Å². The van der Waals surface area contributed by atoms with Crippen LogP contribution in [0.25, 0.3) is 11.3 Å². The lowest BCUT2D eigenvalue weighted by Gasteiger charge is -2.10. The predicted octanol–water partition coefficient (Wildman–Crippen LogP) is 4.80. The SMILES string of the molecule is CCNc1nc(-c2ccc(C)cc2)c(Cl)cc1Cl. The first-order valence-electron chi connectivity index (χ1n) is 5.78. The number of hydrogen-bond acceptors (Lipinski definition) is 2. The van der Waals surface area contributed by atoms with Gasteiger partial charge in [-0.1, -0.05) is 53.0 Å². The summed E-state index contributed by atoms with van der Waals surface area (Å²) in [5.74, 6) is 0.666. The Labute approximate surface area is 117 Å². The zero-order valence-corrected chi connectivity index (χ0v) is 11.8. The second-order valence-electron chi connectivity index (χ2n) is 4.05. The molecule has 2 aromatic rings. The molecule has 2 rings (SSSR count). The van der Waals surface area contributed by atoms with Crippen molar-refractivity contribution in [2.75, 3.05) is 11.9 Å². The van der Waals surface area contributed by atoms with Crippen molar-refractivity contribution in [3.63, 3.8) is 0 Å². The van der Waals surface area contributed by atoms with E-state index < -0.39 is 0 Å². The maximum Gasteiger partial charge on any atom is 0.145 e. The highest BCUT2D eigenvalue weighted by atomic mass is 35.5. The molecule has 0 atom stereocenters. The van der Waals surface area contributed by atoms with E-state index in [4.69, 9.17) is 23.2 Å². The minimum atomic E-state index is 0.540. The van der Waals surface area contributed by atoms with Crippen LogP contribution in [0.1, 0.15) is 12.5 Å². The second kappa shape index (κ2) is 5.59. The van der Waals surface area contributed by atoms with Crippen molar-refractivity contribution < 1.29 is 0 Å². The number of halogens is 2. The summed E-state index contributed by atoms with van der Waals surface area (Å²) in [7, 11) is 0. The van der Waals surface area contributed by atoms with E-state index in [9.17, 15) is 0 Å². The Morgan fingerprint density at radius 2 is 1.78 bits per heavy atom. The van der Waals surface area contributed by atoms with Gasteiger partial charge in [0.05, 0.1) is 15.7 Å². The van der Waals surface area contributed by atoms with Gasteiger partial charge in [-0.25, -0.2) is 4.98 Å². The zero-order chi connectivity index (χ0) is 13.1. The average molecular weight is 281 g/mol. The summed E-state index contributed by atoms with van der Waals surface area (Å²) in [6, 6.07) is 9.81. The lowest BCUT2D eigenvalue weighted by atomic mass is 10.1. The molecule has 0 aliphatic rings. The molecule has 1 N–H and O–H groups in total. The fraction of sp³-hybridized carbons (Fsp3) is 0.214. The first kappa shape index (κ1) is 13.2. The number of nitrogens with zero attached hydrogens (tertiary/aromatic N) is 1. The van der Waals surface area contributed by atoms with Crippen molar-refractivity contribution in [3.05, 3.63) is 45.9 Å². The van der Waals surface area contributed by atoms with Crippen LogP contribution < -0.4 is 5.32 Å². The minimum absolute atomic E-state index is 0.540. The van der Waals surface area contributed by atoms with Crippen molar-refractivity contribution in [3.8, 4) is 11.3 Å². The Balaban J connectivity index is 2.49. The summed E-state index contributed by atoms with van der Waals surface area (Å²) in [4.78, 5) is 4.49. The third-order valence-electron chi connectivity index (χ3n) is 2.60. The average Bonchev–Trinajstić information content (AvgIpc) is 2.34. The van der Waals surface area contributed by atoms with E-state index in [0.29, 0.717) is 15.9 Å². The van der Waals surface area contributed by atoms with Gasteiger partial charge < -0.3 is 5.32 Å². The van der Waals surface area contributed by atoms with Crippen molar-refractivity contribution in [1.82, 2.24) is 4.98 Å². The van der Waals surface area contributed by atoms with E-state index in [0.717, 1.165) is 17.8 Å². The molecule has 1 aromatic carbocycles. The number of pyridine rings is 1. The molecular weight excluding hydrogens is 267 g/mol. The van der Waals surface area contributed by atoms with E-state index in [1.54, 1.807) is 6.07 Å². The van der Waals surface area contributed by atoms with Crippen LogP contribution in [-0.4, -0.2) is 11.5 Å². The molecule has 0 amide bonds. The Morgan fingerprint density at radius 3 is 2.39 bits per heavy atom. The number of hydrogen-bond donors (Lipinski definition) is 1. The van der Waals surface area contributed by atoms with Crippen LogP contribution in [0.4, 0.5) is 5.82 Å². The smallest absolute Gasteiger partial charge is 0.145 e. The highest BCUT2D eigenvalue weighted by molar-refractivity contribution is 6.37. The molecule has 2 nitrogen and oxygen atoms in total. The number of benzene rings is 1. The van der Waals surface area contributed by atoms with E-state index in [1.807, 2.05) is 38.1 Å². The van der Waals surface area contributed by atoms with Gasteiger partial charge in [0.15, 0.2) is 0 Å². The van der Waals surface area contributed by atoms with E-state index in [2.05, 4.69) is 10.3 Å². The zero-order valence-electron chi connectivity index (χ0n) is 10.3. The third-order valence-corrected chi connectivity index (χ3v) is 3.17. The van der Waals surface area contributed by atoms with E-state index in [1.165, 1.54) is 5.56 Å². The summed E-state index contributed by atoms with van der Waals surface area (Å²) in [5, 5.41) is 4.22. The van der Waals surface area contributed by atoms with Crippen LogP contribution in [0.5, 0.6) is 0 Å². The summed E-state index contributed by atoms with van der Waals surface area (Å²) in [6.45, 7) is 4.81. The fourth-order valence-corrected chi connectivity index (χ4v) is 2.21. The third kappa shape index (κ3) is 2.77. The first-order valence-corrected chi connectivity index (χ1v) is 6.54. The lowest BCUT2D eigenvalue weighted by Crippen LogP contribution is -2.01. The predicted molar refractivity (Wildman–Crippen MR) is 78.6 cm³/mol. The summed E-state index contributed by atoms with van der Waals surface area (Å²) < 4.78 is 0. The lowest BCUT2D eigenvalue weighted by molar-refractivity contribution is 1.16. The Bertz CT molecular complexity index is 550. The Morgan fingerprint density at radius 1 is 1.11 bits per heavy atom. The quantitative estimate of drug-likeness (QED) is 0.874. The normalized spacial score (nSPS) is 10.4. The van der Waals surface area contributed by atoms with Gasteiger partial charge in [-0.15, -0.1) is 0 Å². The van der Waals surface area contributed by atoms with E-state index >= 15 is 0 Å². The summed E-state index contributed by atoms with van der Waals surface area (Å²) in [5.41, 5.74) is 2.94. The molecule has 0 aliphatic heterocycles. The first-order chi connectivity index (χ1) is 8.61.